The Bertz CT molecular complexity index is 808. The number of carbonyl (C=O) groups excluding carboxylic acids is 1. The fraction of sp³-hybridized carbons (Fsp3) is 0. The van der Waals surface area contributed by atoms with Crippen LogP contribution in [0.15, 0.2) is 60.7 Å². The highest BCUT2D eigenvalue weighted by Gasteiger charge is 2.11. The number of para-hydroxylation sites is 1. The molecule has 4 nitrogen and oxygen atoms in total. The molecular weight excluding hydrogens is 264 g/mol. The minimum Gasteiger partial charge on any atom is -0.506 e. The van der Waals surface area contributed by atoms with Crippen molar-refractivity contribution >= 4 is 28.1 Å². The van der Waals surface area contributed by atoms with Gasteiger partial charge in [-0.05, 0) is 35.0 Å². The maximum absolute atomic E-state index is 12.3. The first-order chi connectivity index (χ1) is 10.1. The molecule has 0 radical (unpaired) electrons. The molecule has 0 aromatic heterocycles. The molecule has 4 heteroatoms. The van der Waals surface area contributed by atoms with Gasteiger partial charge in [-0.15, -0.1) is 0 Å². The van der Waals surface area contributed by atoms with Gasteiger partial charge in [0.25, 0.3) is 5.91 Å². The van der Waals surface area contributed by atoms with E-state index >= 15 is 0 Å². The molecular formula is C17H14N2O2. The Morgan fingerprint density at radius 3 is 2.48 bits per heavy atom. The fourth-order valence-electron chi connectivity index (χ4n) is 2.21. The SMILES string of the molecule is Nc1cccc(O)c1NC(=O)c1ccc2ccccc2c1. The number of phenolic OH excluding ortho intramolecular Hbond substituents is 1. The molecule has 1 amide bonds. The van der Waals surface area contributed by atoms with Gasteiger partial charge in [0.05, 0.1) is 5.69 Å². The Hall–Kier alpha value is -3.01. The molecule has 3 rings (SSSR count). The number of rotatable bonds is 2. The lowest BCUT2D eigenvalue weighted by Gasteiger charge is -2.10. The summed E-state index contributed by atoms with van der Waals surface area (Å²) in [4.78, 5) is 12.3. The number of carbonyl (C=O) groups is 1. The highest BCUT2D eigenvalue weighted by Crippen LogP contribution is 2.29. The number of aromatic hydroxyl groups is 1. The van der Waals surface area contributed by atoms with Gasteiger partial charge in [0.15, 0.2) is 0 Å². The van der Waals surface area contributed by atoms with E-state index in [-0.39, 0.29) is 17.3 Å². The second kappa shape index (κ2) is 5.17. The molecule has 0 heterocycles. The van der Waals surface area contributed by atoms with Crippen molar-refractivity contribution in [3.8, 4) is 5.75 Å². The van der Waals surface area contributed by atoms with Crippen LogP contribution in [0.5, 0.6) is 5.75 Å². The lowest BCUT2D eigenvalue weighted by molar-refractivity contribution is 0.102. The van der Waals surface area contributed by atoms with Gasteiger partial charge in [-0.2, -0.15) is 0 Å². The Balaban J connectivity index is 1.94. The summed E-state index contributed by atoms with van der Waals surface area (Å²) < 4.78 is 0. The van der Waals surface area contributed by atoms with Crippen LogP contribution in [0.3, 0.4) is 0 Å². The maximum atomic E-state index is 12.3. The van der Waals surface area contributed by atoms with E-state index in [1.165, 1.54) is 6.07 Å². The number of hydrogen-bond acceptors (Lipinski definition) is 3. The molecule has 0 saturated carbocycles. The smallest absolute Gasteiger partial charge is 0.255 e. The molecule has 0 unspecified atom stereocenters. The molecule has 0 fully saturated rings. The summed E-state index contributed by atoms with van der Waals surface area (Å²) in [6.45, 7) is 0. The molecule has 0 atom stereocenters. The van der Waals surface area contributed by atoms with E-state index in [1.807, 2.05) is 30.3 Å². The van der Waals surface area contributed by atoms with Crippen LogP contribution >= 0.6 is 0 Å². The number of benzene rings is 3. The van der Waals surface area contributed by atoms with E-state index < -0.39 is 0 Å². The molecule has 0 spiro atoms. The first-order valence-electron chi connectivity index (χ1n) is 6.53. The second-order valence-electron chi connectivity index (χ2n) is 4.76. The summed E-state index contributed by atoms with van der Waals surface area (Å²) in [6.07, 6.45) is 0. The third-order valence-electron chi connectivity index (χ3n) is 3.32. The summed E-state index contributed by atoms with van der Waals surface area (Å²) >= 11 is 0. The molecule has 0 aliphatic carbocycles. The average molecular weight is 278 g/mol. The molecule has 21 heavy (non-hydrogen) atoms. The van der Waals surface area contributed by atoms with Gasteiger partial charge in [-0.25, -0.2) is 0 Å². The third-order valence-corrected chi connectivity index (χ3v) is 3.32. The minimum absolute atomic E-state index is 0.0517. The zero-order chi connectivity index (χ0) is 14.8. The first kappa shape index (κ1) is 13.0. The van der Waals surface area contributed by atoms with Gasteiger partial charge in [0, 0.05) is 5.56 Å². The van der Waals surface area contributed by atoms with Crippen molar-refractivity contribution < 1.29 is 9.90 Å². The zero-order valence-electron chi connectivity index (χ0n) is 11.2. The largest absolute Gasteiger partial charge is 0.506 e. The predicted octanol–water partition coefficient (Wildman–Crippen LogP) is 3.38. The summed E-state index contributed by atoms with van der Waals surface area (Å²) in [5.74, 6) is -0.363. The highest BCUT2D eigenvalue weighted by atomic mass is 16.3. The Kier molecular flexibility index (Phi) is 3.20. The topological polar surface area (TPSA) is 75.3 Å². The predicted molar refractivity (Wildman–Crippen MR) is 84.4 cm³/mol. The zero-order valence-corrected chi connectivity index (χ0v) is 11.2. The molecule has 0 saturated heterocycles. The van der Waals surface area contributed by atoms with Gasteiger partial charge < -0.3 is 16.2 Å². The lowest BCUT2D eigenvalue weighted by Crippen LogP contribution is -2.13. The lowest BCUT2D eigenvalue weighted by atomic mass is 10.1. The molecule has 0 aliphatic rings. The number of fused-ring (bicyclic) bond motifs is 1. The van der Waals surface area contributed by atoms with E-state index in [4.69, 9.17) is 5.73 Å². The van der Waals surface area contributed by atoms with E-state index in [9.17, 15) is 9.90 Å². The molecule has 0 bridgehead atoms. The van der Waals surface area contributed by atoms with E-state index in [0.29, 0.717) is 11.3 Å². The normalized spacial score (nSPS) is 10.5. The van der Waals surface area contributed by atoms with Crippen LogP contribution in [-0.2, 0) is 0 Å². The number of nitrogen functional groups attached to an aromatic ring is 1. The highest BCUT2D eigenvalue weighted by molar-refractivity contribution is 6.08. The van der Waals surface area contributed by atoms with Crippen LogP contribution in [0.2, 0.25) is 0 Å². The Morgan fingerprint density at radius 2 is 1.71 bits per heavy atom. The van der Waals surface area contributed by atoms with Crippen molar-refractivity contribution in [1.82, 2.24) is 0 Å². The summed E-state index contributed by atoms with van der Waals surface area (Å²) in [7, 11) is 0. The molecule has 3 aromatic rings. The van der Waals surface area contributed by atoms with Crippen molar-refractivity contribution in [2.24, 2.45) is 0 Å². The Labute approximate surface area is 121 Å². The number of anilines is 2. The number of nitrogens with one attached hydrogen (secondary N) is 1. The van der Waals surface area contributed by atoms with Gasteiger partial charge in [0.1, 0.15) is 11.4 Å². The molecule has 0 aliphatic heterocycles. The molecule has 104 valence electrons. The van der Waals surface area contributed by atoms with Crippen LogP contribution in [0.1, 0.15) is 10.4 Å². The van der Waals surface area contributed by atoms with Crippen molar-refractivity contribution in [1.29, 1.82) is 0 Å². The van der Waals surface area contributed by atoms with Gasteiger partial charge >= 0.3 is 0 Å². The third kappa shape index (κ3) is 2.51. The average Bonchev–Trinajstić information content (AvgIpc) is 2.50. The van der Waals surface area contributed by atoms with Crippen molar-refractivity contribution in [3.05, 3.63) is 66.2 Å². The second-order valence-corrected chi connectivity index (χ2v) is 4.76. The number of hydrogen-bond donors (Lipinski definition) is 3. The van der Waals surface area contributed by atoms with Crippen LogP contribution in [0.4, 0.5) is 11.4 Å². The monoisotopic (exact) mass is 278 g/mol. The van der Waals surface area contributed by atoms with Gasteiger partial charge in [-0.1, -0.05) is 36.4 Å². The number of amides is 1. The van der Waals surface area contributed by atoms with E-state index in [0.717, 1.165) is 10.8 Å². The Morgan fingerprint density at radius 1 is 0.952 bits per heavy atom. The van der Waals surface area contributed by atoms with E-state index in [2.05, 4.69) is 5.32 Å². The summed E-state index contributed by atoms with van der Waals surface area (Å²) in [5, 5.41) is 14.5. The van der Waals surface area contributed by atoms with Crippen molar-refractivity contribution in [2.45, 2.75) is 0 Å². The van der Waals surface area contributed by atoms with Crippen LogP contribution < -0.4 is 11.1 Å². The number of phenols is 1. The first-order valence-corrected chi connectivity index (χ1v) is 6.53. The van der Waals surface area contributed by atoms with Crippen molar-refractivity contribution in [2.75, 3.05) is 11.1 Å². The standard InChI is InChI=1S/C17H14N2O2/c18-14-6-3-7-15(20)16(14)19-17(21)13-9-8-11-4-1-2-5-12(11)10-13/h1-10,20H,18H2,(H,19,21). The van der Waals surface area contributed by atoms with Gasteiger partial charge in [0.2, 0.25) is 0 Å². The fourth-order valence-corrected chi connectivity index (χ4v) is 2.21. The summed E-state index contributed by atoms with van der Waals surface area (Å²) in [5.41, 5.74) is 6.83. The van der Waals surface area contributed by atoms with Crippen LogP contribution in [-0.4, -0.2) is 11.0 Å². The van der Waals surface area contributed by atoms with Crippen LogP contribution in [0, 0.1) is 0 Å². The van der Waals surface area contributed by atoms with Crippen molar-refractivity contribution in [3.63, 3.8) is 0 Å². The van der Waals surface area contributed by atoms with E-state index in [1.54, 1.807) is 24.3 Å². The quantitative estimate of drug-likeness (QED) is 0.497. The van der Waals surface area contributed by atoms with Gasteiger partial charge in [-0.3, -0.25) is 4.79 Å². The molecule has 4 N–H and O–H groups in total. The maximum Gasteiger partial charge on any atom is 0.255 e. The van der Waals surface area contributed by atoms with Crippen LogP contribution in [0.25, 0.3) is 10.8 Å². The molecule has 3 aromatic carbocycles. The number of nitrogens with two attached hydrogens (primary N) is 1. The summed E-state index contributed by atoms with van der Waals surface area (Å²) in [6, 6.07) is 18.0. The minimum atomic E-state index is -0.311.